The molecular weight excluding hydrogens is 414 g/mol. The molecule has 1 atom stereocenters. The number of carbonyl (C=O) groups excluding carboxylic acids is 1. The van der Waals surface area contributed by atoms with Crippen LogP contribution in [0.25, 0.3) is 0 Å². The highest BCUT2D eigenvalue weighted by Crippen LogP contribution is 2.51. The minimum Gasteiger partial charge on any atom is -0.480 e. The topological polar surface area (TPSA) is 60.5 Å². The molecule has 0 aliphatic rings. The average Bonchev–Trinajstić information content (AvgIpc) is 2.64. The van der Waals surface area contributed by atoms with Gasteiger partial charge in [-0.15, -0.1) is 0 Å². The summed E-state index contributed by atoms with van der Waals surface area (Å²) < 4.78 is 41.4. The highest BCUT2D eigenvalue weighted by atomic mass is 35.5. The Balaban J connectivity index is 2.89. The molecule has 1 heterocycles. The molecule has 0 fully saturated rings. The van der Waals surface area contributed by atoms with E-state index in [1.165, 1.54) is 26.5 Å². The number of ether oxygens (including phenoxy) is 2. The molecule has 1 unspecified atom stereocenters. The lowest BCUT2D eigenvalue weighted by Gasteiger charge is -2.40. The van der Waals surface area contributed by atoms with Gasteiger partial charge >= 0.3 is 0 Å². The predicted octanol–water partition coefficient (Wildman–Crippen LogP) is 5.58. The van der Waals surface area contributed by atoms with Crippen molar-refractivity contribution >= 4 is 23.2 Å². The Morgan fingerprint density at radius 3 is 2.23 bits per heavy atom. The number of alkyl halides is 2. The van der Waals surface area contributed by atoms with Gasteiger partial charge in [-0.25, -0.2) is 13.8 Å². The monoisotopic (exact) mass is 440 g/mol. The zero-order valence-corrected chi connectivity index (χ0v) is 18.9. The second kappa shape index (κ2) is 8.47. The van der Waals surface area contributed by atoms with Crippen molar-refractivity contribution in [2.45, 2.75) is 46.1 Å². The molecule has 0 saturated carbocycles. The second-order valence-corrected chi connectivity index (χ2v) is 8.59. The quantitative estimate of drug-likeness (QED) is 0.636. The second-order valence-electron chi connectivity index (χ2n) is 8.21. The van der Waals surface area contributed by atoms with E-state index in [1.807, 2.05) is 0 Å². The van der Waals surface area contributed by atoms with Crippen LogP contribution in [-0.4, -0.2) is 31.0 Å². The molecule has 0 radical (unpaired) electrons. The molecule has 0 saturated heterocycles. The van der Waals surface area contributed by atoms with Crippen molar-refractivity contribution in [2.75, 3.05) is 19.5 Å². The number of nitrogens with zero attached hydrogens (tertiary/aromatic N) is 1. The summed E-state index contributed by atoms with van der Waals surface area (Å²) in [7, 11) is 2.52. The van der Waals surface area contributed by atoms with Crippen LogP contribution in [0.4, 0.5) is 14.5 Å². The summed E-state index contributed by atoms with van der Waals surface area (Å²) in [5, 5.41) is 2.67. The molecule has 1 aromatic heterocycles. The van der Waals surface area contributed by atoms with Gasteiger partial charge in [0, 0.05) is 42.5 Å². The SMILES string of the molecule is COc1nccc(C(OC)(c2cc(C)ccc2NC(=O)C(C)(C)C)C(C)(F)F)c1Cl. The van der Waals surface area contributed by atoms with Crippen LogP contribution in [0.1, 0.15) is 44.4 Å². The van der Waals surface area contributed by atoms with Crippen LogP contribution in [0.2, 0.25) is 5.02 Å². The predicted molar refractivity (Wildman–Crippen MR) is 113 cm³/mol. The fourth-order valence-electron chi connectivity index (χ4n) is 3.22. The average molecular weight is 441 g/mol. The van der Waals surface area contributed by atoms with Gasteiger partial charge in [-0.1, -0.05) is 50.1 Å². The number of carbonyl (C=O) groups is 1. The first-order valence-electron chi connectivity index (χ1n) is 9.34. The minimum atomic E-state index is -3.44. The maximum absolute atomic E-state index is 15.4. The van der Waals surface area contributed by atoms with Gasteiger partial charge in [-0.3, -0.25) is 4.79 Å². The third-order valence-electron chi connectivity index (χ3n) is 4.84. The smallest absolute Gasteiger partial charge is 0.282 e. The molecule has 2 rings (SSSR count). The van der Waals surface area contributed by atoms with Gasteiger partial charge in [0.15, 0.2) is 5.60 Å². The summed E-state index contributed by atoms with van der Waals surface area (Å²) in [5.74, 6) is -3.77. The number of hydrogen-bond acceptors (Lipinski definition) is 4. The van der Waals surface area contributed by atoms with Crippen molar-refractivity contribution in [2.24, 2.45) is 5.41 Å². The van der Waals surface area contributed by atoms with E-state index in [9.17, 15) is 4.79 Å². The van der Waals surface area contributed by atoms with E-state index < -0.39 is 16.9 Å². The summed E-state index contributed by atoms with van der Waals surface area (Å²) in [5.41, 5.74) is -2.08. The van der Waals surface area contributed by atoms with E-state index in [-0.39, 0.29) is 33.6 Å². The van der Waals surface area contributed by atoms with E-state index in [0.29, 0.717) is 5.56 Å². The van der Waals surface area contributed by atoms with Gasteiger partial charge in [0.2, 0.25) is 11.8 Å². The molecule has 30 heavy (non-hydrogen) atoms. The number of aryl methyl sites for hydroxylation is 1. The first-order valence-corrected chi connectivity index (χ1v) is 9.72. The van der Waals surface area contributed by atoms with E-state index in [0.717, 1.165) is 6.92 Å². The Labute approximate surface area is 180 Å². The zero-order chi connectivity index (χ0) is 22.9. The molecule has 1 amide bonds. The van der Waals surface area contributed by atoms with Gasteiger partial charge in [-0.05, 0) is 19.1 Å². The third-order valence-corrected chi connectivity index (χ3v) is 5.20. The standard InChI is InChI=1S/C22H27ClF2N2O3/c1-13-8-9-16(27-19(28)20(2,3)4)15(12-13)22(30-7,21(5,24)25)14-10-11-26-18(29-6)17(14)23/h8-12H,1-7H3,(H,27,28). The summed E-state index contributed by atoms with van der Waals surface area (Å²) >= 11 is 6.41. The van der Waals surface area contributed by atoms with Crippen LogP contribution in [0.5, 0.6) is 5.88 Å². The molecule has 8 heteroatoms. The van der Waals surface area contributed by atoms with E-state index in [1.54, 1.807) is 45.9 Å². The molecule has 0 aliphatic heterocycles. The number of nitrogens with one attached hydrogen (secondary N) is 1. The van der Waals surface area contributed by atoms with Gasteiger partial charge in [-0.2, -0.15) is 0 Å². The largest absolute Gasteiger partial charge is 0.480 e. The fourth-order valence-corrected chi connectivity index (χ4v) is 3.55. The number of aromatic nitrogens is 1. The molecular formula is C22H27ClF2N2O3. The van der Waals surface area contributed by atoms with Crippen LogP contribution >= 0.6 is 11.6 Å². The van der Waals surface area contributed by atoms with Crippen molar-refractivity contribution in [1.82, 2.24) is 4.98 Å². The number of pyridine rings is 1. The lowest BCUT2D eigenvalue weighted by Crippen LogP contribution is -2.47. The van der Waals surface area contributed by atoms with Crippen molar-refractivity contribution in [1.29, 1.82) is 0 Å². The van der Waals surface area contributed by atoms with E-state index >= 15 is 8.78 Å². The number of methoxy groups -OCH3 is 2. The van der Waals surface area contributed by atoms with E-state index in [2.05, 4.69) is 10.3 Å². The normalized spacial score (nSPS) is 14.2. The molecule has 0 spiro atoms. The Morgan fingerprint density at radius 2 is 1.73 bits per heavy atom. The number of benzene rings is 1. The Kier molecular flexibility index (Phi) is 6.79. The molecule has 0 aliphatic carbocycles. The Bertz CT molecular complexity index is 939. The van der Waals surface area contributed by atoms with Gasteiger partial charge in [0.25, 0.3) is 5.92 Å². The minimum absolute atomic E-state index is 0.00669. The van der Waals surface area contributed by atoms with E-state index in [4.69, 9.17) is 21.1 Å². The molecule has 1 N–H and O–H groups in total. The summed E-state index contributed by atoms with van der Waals surface area (Å²) in [6.45, 7) is 7.72. The first kappa shape index (κ1) is 24.0. The van der Waals surface area contributed by atoms with Gasteiger partial charge in [0.1, 0.15) is 5.02 Å². The van der Waals surface area contributed by atoms with Crippen LogP contribution < -0.4 is 10.1 Å². The summed E-state index contributed by atoms with van der Waals surface area (Å²) in [4.78, 5) is 16.6. The molecule has 164 valence electrons. The summed E-state index contributed by atoms with van der Waals surface area (Å²) in [6, 6.07) is 6.23. The highest BCUT2D eigenvalue weighted by molar-refractivity contribution is 6.32. The molecule has 0 bridgehead atoms. The zero-order valence-electron chi connectivity index (χ0n) is 18.2. The van der Waals surface area contributed by atoms with Crippen molar-refractivity contribution in [3.63, 3.8) is 0 Å². The molecule has 5 nitrogen and oxygen atoms in total. The highest BCUT2D eigenvalue weighted by Gasteiger charge is 2.56. The van der Waals surface area contributed by atoms with Gasteiger partial charge in [0.05, 0.1) is 7.11 Å². The maximum atomic E-state index is 15.4. The number of amides is 1. The van der Waals surface area contributed by atoms with Crippen LogP contribution in [-0.2, 0) is 15.1 Å². The van der Waals surface area contributed by atoms with Crippen LogP contribution in [0.3, 0.4) is 0 Å². The van der Waals surface area contributed by atoms with Crippen molar-refractivity contribution < 1.29 is 23.0 Å². The van der Waals surface area contributed by atoms with Crippen LogP contribution in [0.15, 0.2) is 30.5 Å². The van der Waals surface area contributed by atoms with Crippen molar-refractivity contribution in [3.05, 3.63) is 52.2 Å². The number of anilines is 1. The lowest BCUT2D eigenvalue weighted by atomic mass is 9.79. The Morgan fingerprint density at radius 1 is 1.10 bits per heavy atom. The number of halogens is 3. The van der Waals surface area contributed by atoms with Crippen molar-refractivity contribution in [3.8, 4) is 5.88 Å². The summed E-state index contributed by atoms with van der Waals surface area (Å²) in [6.07, 6.45) is 1.32. The first-order chi connectivity index (χ1) is 13.8. The lowest BCUT2D eigenvalue weighted by molar-refractivity contribution is -0.168. The number of rotatable bonds is 6. The maximum Gasteiger partial charge on any atom is 0.282 e. The fraction of sp³-hybridized carbons (Fsp3) is 0.455. The van der Waals surface area contributed by atoms with Gasteiger partial charge < -0.3 is 14.8 Å². The number of hydrogen-bond donors (Lipinski definition) is 1. The molecule has 1 aromatic carbocycles. The van der Waals surface area contributed by atoms with Crippen LogP contribution in [0, 0.1) is 12.3 Å². The Hall–Kier alpha value is -2.25. The third kappa shape index (κ3) is 4.27. The molecule has 2 aromatic rings.